The van der Waals surface area contributed by atoms with Crippen molar-refractivity contribution in [2.24, 2.45) is 0 Å². The first-order valence-electron chi connectivity index (χ1n) is 13.6. The number of carboxylic acids is 1. The standard InChI is InChI=1S/C19H14F6N2S.C13H18O3/c1-19(22,23)13-5-2-11(17(9-13)27(24)25)4-7-18-26-16(10-28-18)12-3-6-14(20)15(21)8-12;1-4-5-10-6-8-11(9-7-10)16-13(2,3)12(14)15/h2-3,5-6,8-10H,4,7H2,1H3;6-9H,4-5H2,1-3H3,(H,14,15). The van der Waals surface area contributed by atoms with Crippen molar-refractivity contribution in [1.29, 1.82) is 0 Å². The quantitative estimate of drug-likeness (QED) is 0.131. The highest BCUT2D eigenvalue weighted by molar-refractivity contribution is 7.09. The van der Waals surface area contributed by atoms with E-state index in [2.05, 4.69) is 11.9 Å². The minimum atomic E-state index is -3.22. The Morgan fingerprint density at radius 2 is 1.61 bits per heavy atom. The minimum absolute atomic E-state index is 0.153. The number of aromatic nitrogens is 1. The van der Waals surface area contributed by atoms with Crippen LogP contribution in [0.3, 0.4) is 0 Å². The van der Waals surface area contributed by atoms with Crippen LogP contribution in [0.25, 0.3) is 11.3 Å². The Kier molecular flexibility index (Phi) is 11.4. The Hall–Kier alpha value is -4.06. The first-order chi connectivity index (χ1) is 20.6. The summed E-state index contributed by atoms with van der Waals surface area (Å²) in [5, 5.41) is 9.99. The van der Waals surface area contributed by atoms with Crippen molar-refractivity contribution in [1.82, 2.24) is 4.98 Å². The Morgan fingerprint density at radius 1 is 0.932 bits per heavy atom. The van der Waals surface area contributed by atoms with Gasteiger partial charge < -0.3 is 9.84 Å². The minimum Gasteiger partial charge on any atom is -0.478 e. The van der Waals surface area contributed by atoms with Crippen LogP contribution in [-0.2, 0) is 30.0 Å². The van der Waals surface area contributed by atoms with E-state index in [-0.39, 0.29) is 18.4 Å². The van der Waals surface area contributed by atoms with Crippen molar-refractivity contribution < 1.29 is 41.2 Å². The molecule has 1 heterocycles. The summed E-state index contributed by atoms with van der Waals surface area (Å²) in [4.78, 5) is 15.2. The molecule has 0 fully saturated rings. The van der Waals surface area contributed by atoms with Gasteiger partial charge in [-0.05, 0) is 79.6 Å². The van der Waals surface area contributed by atoms with Crippen LogP contribution in [0, 0.1) is 11.6 Å². The largest absolute Gasteiger partial charge is 0.478 e. The van der Waals surface area contributed by atoms with Gasteiger partial charge in [-0.2, -0.15) is 0 Å². The van der Waals surface area contributed by atoms with Gasteiger partial charge in [-0.15, -0.1) is 11.3 Å². The van der Waals surface area contributed by atoms with Gasteiger partial charge in [0.05, 0.1) is 10.7 Å². The second kappa shape index (κ2) is 14.6. The Labute approximate surface area is 255 Å². The molecule has 0 aliphatic carbocycles. The van der Waals surface area contributed by atoms with Gasteiger partial charge in [-0.1, -0.05) is 46.6 Å². The predicted molar refractivity (Wildman–Crippen MR) is 158 cm³/mol. The van der Waals surface area contributed by atoms with E-state index in [9.17, 15) is 31.3 Å². The molecule has 0 spiro atoms. The number of nitrogens with zero attached hydrogens (tertiary/aromatic N) is 2. The molecule has 0 amide bonds. The van der Waals surface area contributed by atoms with E-state index in [4.69, 9.17) is 9.84 Å². The Morgan fingerprint density at radius 3 is 2.18 bits per heavy atom. The number of aryl methyl sites for hydroxylation is 3. The number of benzene rings is 3. The second-order valence-electron chi connectivity index (χ2n) is 10.5. The Bertz CT molecular complexity index is 1550. The highest BCUT2D eigenvalue weighted by Gasteiger charge is 2.29. The molecule has 0 aliphatic rings. The lowest BCUT2D eigenvalue weighted by Gasteiger charge is -2.21. The molecule has 12 heteroatoms. The number of halogens is 6. The predicted octanol–water partition coefficient (Wildman–Crippen LogP) is 9.44. The first-order valence-corrected chi connectivity index (χ1v) is 14.5. The number of hydrogen-bond donors (Lipinski definition) is 1. The average Bonchev–Trinajstić information content (AvgIpc) is 3.43. The van der Waals surface area contributed by atoms with Crippen LogP contribution in [0.4, 0.5) is 32.2 Å². The fourth-order valence-electron chi connectivity index (χ4n) is 4.01. The SMILES string of the molecule is CC(F)(F)c1ccc(CCc2nc(-c3ccc(F)c(F)c3)cs2)c(N(F)F)c1.CCCc1ccc(OC(C)(C)C(=O)O)cc1. The molecule has 5 nitrogen and oxygen atoms in total. The summed E-state index contributed by atoms with van der Waals surface area (Å²) in [6.07, 6.45) is 2.57. The van der Waals surface area contributed by atoms with Gasteiger partial charge in [-0.3, -0.25) is 0 Å². The number of rotatable bonds is 11. The van der Waals surface area contributed by atoms with Crippen molar-refractivity contribution in [2.45, 2.75) is 64.9 Å². The molecule has 0 bridgehead atoms. The summed E-state index contributed by atoms with van der Waals surface area (Å²) in [6, 6.07) is 14.1. The van der Waals surface area contributed by atoms with Gasteiger partial charge in [0, 0.05) is 29.9 Å². The third-order valence-electron chi connectivity index (χ3n) is 6.50. The molecular weight excluding hydrogens is 606 g/mol. The summed E-state index contributed by atoms with van der Waals surface area (Å²) in [6.45, 7) is 5.84. The number of anilines is 1. The number of aliphatic carboxylic acids is 1. The molecule has 0 aliphatic heterocycles. The van der Waals surface area contributed by atoms with Gasteiger partial charge in [0.15, 0.2) is 17.2 Å². The normalized spacial score (nSPS) is 11.5. The summed E-state index contributed by atoms with van der Waals surface area (Å²) < 4.78 is 84.8. The fourth-order valence-corrected chi connectivity index (χ4v) is 4.82. The lowest BCUT2D eigenvalue weighted by molar-refractivity contribution is -0.152. The van der Waals surface area contributed by atoms with Gasteiger partial charge in [0.25, 0.3) is 5.92 Å². The van der Waals surface area contributed by atoms with Crippen molar-refractivity contribution in [3.63, 3.8) is 0 Å². The van der Waals surface area contributed by atoms with E-state index in [1.165, 1.54) is 42.9 Å². The van der Waals surface area contributed by atoms with E-state index in [1.54, 1.807) is 5.38 Å². The van der Waals surface area contributed by atoms with Crippen molar-refractivity contribution in [3.8, 4) is 17.0 Å². The third kappa shape index (κ3) is 9.47. The molecule has 0 unspecified atom stereocenters. The maximum Gasteiger partial charge on any atom is 0.347 e. The summed E-state index contributed by atoms with van der Waals surface area (Å²) in [7, 11) is 0. The molecule has 0 saturated heterocycles. The number of ether oxygens (including phenoxy) is 1. The zero-order valence-corrected chi connectivity index (χ0v) is 25.3. The van der Waals surface area contributed by atoms with Crippen molar-refractivity contribution >= 4 is 23.0 Å². The van der Waals surface area contributed by atoms with Crippen molar-refractivity contribution in [2.75, 3.05) is 5.34 Å². The van der Waals surface area contributed by atoms with E-state index in [0.717, 1.165) is 37.1 Å². The van der Waals surface area contributed by atoms with Gasteiger partial charge >= 0.3 is 5.97 Å². The van der Waals surface area contributed by atoms with Crippen LogP contribution in [0.5, 0.6) is 5.75 Å². The van der Waals surface area contributed by atoms with E-state index >= 15 is 0 Å². The number of thiazole rings is 1. The van der Waals surface area contributed by atoms with Crippen LogP contribution in [0.1, 0.15) is 55.8 Å². The van der Waals surface area contributed by atoms with Gasteiger partial charge in [-0.25, -0.2) is 27.3 Å². The summed E-state index contributed by atoms with van der Waals surface area (Å²) in [5.41, 5.74) is 0.00290. The van der Waals surface area contributed by atoms with Crippen LogP contribution in [0.15, 0.2) is 66.0 Å². The lowest BCUT2D eigenvalue weighted by Crippen LogP contribution is -2.37. The molecule has 236 valence electrons. The average molecular weight is 639 g/mol. The molecule has 1 aromatic heterocycles. The number of alkyl halides is 2. The number of carbonyl (C=O) groups is 1. The van der Waals surface area contributed by atoms with Crippen LogP contribution >= 0.6 is 11.3 Å². The Balaban J connectivity index is 0.000000281. The van der Waals surface area contributed by atoms with E-state index < -0.39 is 45.7 Å². The molecule has 3 aromatic carbocycles. The highest BCUT2D eigenvalue weighted by Crippen LogP contribution is 2.33. The highest BCUT2D eigenvalue weighted by atomic mass is 32.1. The maximum atomic E-state index is 13.4. The fraction of sp³-hybridized carbons (Fsp3) is 0.312. The van der Waals surface area contributed by atoms with E-state index in [1.807, 2.05) is 24.3 Å². The third-order valence-corrected chi connectivity index (χ3v) is 7.41. The molecule has 1 N–H and O–H groups in total. The molecule has 4 aromatic rings. The van der Waals surface area contributed by atoms with Crippen molar-refractivity contribution in [3.05, 3.63) is 99.4 Å². The van der Waals surface area contributed by atoms with Crippen LogP contribution in [0.2, 0.25) is 0 Å². The molecule has 0 radical (unpaired) electrons. The monoisotopic (exact) mass is 638 g/mol. The lowest BCUT2D eigenvalue weighted by atomic mass is 10.0. The molecular formula is C32H32F6N2O3S. The summed E-state index contributed by atoms with van der Waals surface area (Å²) in [5.74, 6) is -5.56. The zero-order chi connectivity index (χ0) is 32.7. The molecule has 4 rings (SSSR count). The van der Waals surface area contributed by atoms with E-state index in [0.29, 0.717) is 28.9 Å². The number of carboxylic acid groups (broad SMARTS) is 1. The summed E-state index contributed by atoms with van der Waals surface area (Å²) >= 11 is 1.25. The topological polar surface area (TPSA) is 62.7 Å². The zero-order valence-electron chi connectivity index (χ0n) is 24.5. The molecule has 0 atom stereocenters. The molecule has 0 saturated carbocycles. The van der Waals surface area contributed by atoms with Crippen LogP contribution < -0.4 is 10.1 Å². The number of hydrogen-bond acceptors (Lipinski definition) is 5. The second-order valence-corrected chi connectivity index (χ2v) is 11.5. The first kappa shape index (κ1) is 34.4. The molecule has 44 heavy (non-hydrogen) atoms. The van der Waals surface area contributed by atoms with Gasteiger partial charge in [0.2, 0.25) is 0 Å². The maximum absolute atomic E-state index is 13.4. The van der Waals surface area contributed by atoms with Gasteiger partial charge in [0.1, 0.15) is 11.4 Å². The van der Waals surface area contributed by atoms with Crippen LogP contribution in [-0.4, -0.2) is 21.7 Å². The smallest absolute Gasteiger partial charge is 0.347 e.